The summed E-state index contributed by atoms with van der Waals surface area (Å²) in [6.45, 7) is 0.688. The Balaban J connectivity index is 0.995. The van der Waals surface area contributed by atoms with E-state index in [-0.39, 0.29) is 0 Å². The Morgan fingerprint density at radius 1 is 0.388 bits per heavy atom. The smallest absolute Gasteiger partial charge is 0.128 e. The first-order valence-electron chi connectivity index (χ1n) is 16.8. The molecule has 0 aliphatic heterocycles. The van der Waals surface area contributed by atoms with Crippen LogP contribution in [0.2, 0.25) is 0 Å². The summed E-state index contributed by atoms with van der Waals surface area (Å²) in [6, 6.07) is 65.2. The summed E-state index contributed by atoms with van der Waals surface area (Å²) in [7, 11) is 1.85. The van der Waals surface area contributed by atoms with Crippen molar-refractivity contribution >= 4 is 27.4 Å². The quantitative estimate of drug-likeness (QED) is 0.138. The molecule has 0 bridgehead atoms. The van der Waals surface area contributed by atoms with Crippen LogP contribution in [0.4, 0.5) is 0 Å². The van der Waals surface area contributed by atoms with Crippen molar-refractivity contribution in [2.75, 3.05) is 7.05 Å². The van der Waals surface area contributed by atoms with Crippen LogP contribution in [0.15, 0.2) is 187 Å². The van der Waals surface area contributed by atoms with Crippen LogP contribution >= 0.6 is 0 Å². The highest BCUT2D eigenvalue weighted by Crippen LogP contribution is 2.37. The van der Waals surface area contributed by atoms with E-state index >= 15 is 0 Å². The maximum atomic E-state index is 4.61. The van der Waals surface area contributed by atoms with Crippen LogP contribution in [0.3, 0.4) is 0 Å². The molecule has 0 spiro atoms. The van der Waals surface area contributed by atoms with Gasteiger partial charge in [0.1, 0.15) is 5.84 Å². The summed E-state index contributed by atoms with van der Waals surface area (Å²) >= 11 is 0. The lowest BCUT2D eigenvalue weighted by atomic mass is 9.92. The van der Waals surface area contributed by atoms with Crippen LogP contribution in [0.25, 0.3) is 66.1 Å². The normalized spacial score (nSPS) is 11.6. The first kappa shape index (κ1) is 30.1. The monoisotopic (exact) mass is 628 g/mol. The van der Waals surface area contributed by atoms with Crippen molar-refractivity contribution in [2.45, 2.75) is 6.54 Å². The summed E-state index contributed by atoms with van der Waals surface area (Å²) < 4.78 is 0. The van der Waals surface area contributed by atoms with E-state index in [2.05, 4.69) is 192 Å². The maximum Gasteiger partial charge on any atom is 0.128 e. The number of hydrogen-bond acceptors (Lipinski definition) is 1. The molecule has 0 amide bonds. The van der Waals surface area contributed by atoms with Crippen LogP contribution in [0.1, 0.15) is 11.1 Å². The topological polar surface area (TPSA) is 24.4 Å². The van der Waals surface area contributed by atoms with Gasteiger partial charge in [-0.25, -0.2) is 0 Å². The van der Waals surface area contributed by atoms with Gasteiger partial charge in [0.05, 0.1) is 0 Å². The van der Waals surface area contributed by atoms with Gasteiger partial charge in [-0.1, -0.05) is 182 Å². The van der Waals surface area contributed by atoms with Crippen molar-refractivity contribution < 1.29 is 0 Å². The maximum absolute atomic E-state index is 4.61. The van der Waals surface area contributed by atoms with Gasteiger partial charge in [-0.2, -0.15) is 0 Å². The van der Waals surface area contributed by atoms with E-state index in [1.165, 1.54) is 71.6 Å². The lowest BCUT2D eigenvalue weighted by molar-refractivity contribution is 0.911. The van der Waals surface area contributed by atoms with Crippen molar-refractivity contribution in [2.24, 2.45) is 4.99 Å². The molecule has 0 heterocycles. The van der Waals surface area contributed by atoms with E-state index in [1.54, 1.807) is 0 Å². The predicted octanol–water partition coefficient (Wildman–Crippen LogP) is 11.8. The molecule has 1 N–H and O–H groups in total. The lowest BCUT2D eigenvalue weighted by Gasteiger charge is -2.14. The highest BCUT2D eigenvalue weighted by Gasteiger charge is 2.12. The Morgan fingerprint density at radius 3 is 1.12 bits per heavy atom. The van der Waals surface area contributed by atoms with E-state index < -0.39 is 0 Å². The largest absolute Gasteiger partial charge is 0.366 e. The third-order valence-electron chi connectivity index (χ3n) is 9.44. The summed E-state index contributed by atoms with van der Waals surface area (Å²) in [5, 5.41) is 8.62. The molecule has 0 aliphatic carbocycles. The first-order valence-corrected chi connectivity index (χ1v) is 16.8. The lowest BCUT2D eigenvalue weighted by Crippen LogP contribution is -2.23. The molecule has 0 unspecified atom stereocenters. The number of benzene rings is 8. The fourth-order valence-corrected chi connectivity index (χ4v) is 6.95. The minimum absolute atomic E-state index is 0.688. The highest BCUT2D eigenvalue weighted by molar-refractivity contribution is 6.06. The molecule has 0 aromatic heterocycles. The summed E-state index contributed by atoms with van der Waals surface area (Å²) in [5.74, 6) is 0.877. The van der Waals surface area contributed by atoms with Gasteiger partial charge in [0, 0.05) is 19.2 Å². The van der Waals surface area contributed by atoms with Crippen LogP contribution in [0, 0.1) is 0 Å². The Hall–Kier alpha value is -6.25. The molecule has 0 radical (unpaired) electrons. The summed E-state index contributed by atoms with van der Waals surface area (Å²) in [5.41, 5.74) is 12.1. The van der Waals surface area contributed by atoms with Gasteiger partial charge >= 0.3 is 0 Å². The van der Waals surface area contributed by atoms with Gasteiger partial charge in [0.2, 0.25) is 0 Å². The van der Waals surface area contributed by atoms with Gasteiger partial charge in [0.15, 0.2) is 0 Å². The molecule has 8 aromatic carbocycles. The molecule has 8 aromatic rings. The average molecular weight is 629 g/mol. The Labute approximate surface area is 288 Å². The van der Waals surface area contributed by atoms with E-state index in [4.69, 9.17) is 0 Å². The number of amidine groups is 1. The number of rotatable bonds is 7. The summed E-state index contributed by atoms with van der Waals surface area (Å²) in [4.78, 5) is 4.61. The van der Waals surface area contributed by atoms with Gasteiger partial charge in [-0.05, 0) is 71.6 Å². The third kappa shape index (κ3) is 6.01. The molecule has 0 atom stereocenters. The Bertz CT molecular complexity index is 2410. The van der Waals surface area contributed by atoms with Crippen molar-refractivity contribution in [1.82, 2.24) is 5.32 Å². The van der Waals surface area contributed by atoms with Crippen LogP contribution in [-0.2, 0) is 6.54 Å². The number of nitrogens with zero attached hydrogens (tertiary/aromatic N) is 1. The number of hydrogen-bond donors (Lipinski definition) is 1. The number of nitrogens with one attached hydrogen (secondary N) is 1. The fraction of sp³-hybridized carbons (Fsp3) is 0.0426. The van der Waals surface area contributed by atoms with Crippen LogP contribution in [0.5, 0.6) is 0 Å². The van der Waals surface area contributed by atoms with E-state index in [1.807, 2.05) is 7.05 Å². The molecule has 8 rings (SSSR count). The average Bonchev–Trinajstić information content (AvgIpc) is 3.18. The van der Waals surface area contributed by atoms with Crippen LogP contribution < -0.4 is 5.32 Å². The van der Waals surface area contributed by atoms with Crippen molar-refractivity contribution in [3.8, 4) is 44.5 Å². The Morgan fingerprint density at radius 2 is 0.735 bits per heavy atom. The SMILES string of the molecule is CN=C(NCc1ccc(-c2ccc(-c3ccccc3)c3ccccc23)cc1)c1ccc(-c2ccc(-c3ccccc3)c3ccccc23)cc1. The second kappa shape index (κ2) is 13.5. The van der Waals surface area contributed by atoms with E-state index in [0.717, 1.165) is 11.4 Å². The molecular weight excluding hydrogens is 593 g/mol. The van der Waals surface area contributed by atoms with Gasteiger partial charge < -0.3 is 5.32 Å². The molecule has 0 saturated carbocycles. The van der Waals surface area contributed by atoms with Crippen molar-refractivity contribution in [3.05, 3.63) is 193 Å². The zero-order valence-electron chi connectivity index (χ0n) is 27.5. The van der Waals surface area contributed by atoms with Gasteiger partial charge in [0.25, 0.3) is 0 Å². The van der Waals surface area contributed by atoms with Gasteiger partial charge in [-0.3, -0.25) is 4.99 Å². The van der Waals surface area contributed by atoms with Crippen molar-refractivity contribution in [3.63, 3.8) is 0 Å². The Kier molecular flexibility index (Phi) is 8.27. The zero-order valence-corrected chi connectivity index (χ0v) is 27.5. The second-order valence-corrected chi connectivity index (χ2v) is 12.3. The fourth-order valence-electron chi connectivity index (χ4n) is 6.95. The number of fused-ring (bicyclic) bond motifs is 2. The molecule has 0 saturated heterocycles. The molecule has 49 heavy (non-hydrogen) atoms. The zero-order chi connectivity index (χ0) is 33.0. The molecule has 2 nitrogen and oxygen atoms in total. The molecule has 234 valence electrons. The molecule has 2 heteroatoms. The van der Waals surface area contributed by atoms with Crippen LogP contribution in [-0.4, -0.2) is 12.9 Å². The van der Waals surface area contributed by atoms with E-state index in [0.29, 0.717) is 6.54 Å². The first-order chi connectivity index (χ1) is 24.3. The minimum Gasteiger partial charge on any atom is -0.366 e. The molecule has 0 aliphatic rings. The standard InChI is InChI=1S/C47H36N2/c1-48-47(38-26-24-37(25-27-38)42-31-29-40(35-14-6-3-7-15-35)44-17-9-11-19-46(42)44)49-32-33-20-22-36(23-21-33)41-30-28-39(34-12-4-2-5-13-34)43-16-8-10-18-45(41)43/h2-31H,32H2,1H3,(H,48,49). The van der Waals surface area contributed by atoms with E-state index in [9.17, 15) is 0 Å². The molecular formula is C47H36N2. The highest BCUT2D eigenvalue weighted by atomic mass is 15.0. The van der Waals surface area contributed by atoms with Gasteiger partial charge in [-0.15, -0.1) is 0 Å². The minimum atomic E-state index is 0.688. The summed E-state index contributed by atoms with van der Waals surface area (Å²) in [6.07, 6.45) is 0. The molecule has 0 fully saturated rings. The third-order valence-corrected chi connectivity index (χ3v) is 9.44. The number of aliphatic imine (C=N–C) groups is 1. The van der Waals surface area contributed by atoms with Crippen molar-refractivity contribution in [1.29, 1.82) is 0 Å². The second-order valence-electron chi connectivity index (χ2n) is 12.3. The predicted molar refractivity (Wildman–Crippen MR) is 209 cm³/mol.